The van der Waals surface area contributed by atoms with Gasteiger partial charge in [0.1, 0.15) is 0 Å². The summed E-state index contributed by atoms with van der Waals surface area (Å²) in [6.07, 6.45) is 2.90. The van der Waals surface area contributed by atoms with Crippen molar-refractivity contribution < 1.29 is 9.59 Å². The molecule has 4 N–H and O–H groups in total. The Labute approximate surface area is 88.0 Å². The average molecular weight is 259 g/mol. The maximum atomic E-state index is 11.3. The topological polar surface area (TPSA) is 97.1 Å². The van der Waals surface area contributed by atoms with Crippen LogP contribution in [0.3, 0.4) is 0 Å². The Bertz CT molecular complexity index is 368. The molecule has 0 fully saturated rings. The molecule has 0 aromatic carbocycles. The van der Waals surface area contributed by atoms with Crippen LogP contribution in [0.25, 0.3) is 0 Å². The molecule has 1 rings (SSSR count). The second-order valence-electron chi connectivity index (χ2n) is 2.34. The first-order valence-electron chi connectivity index (χ1n) is 3.56. The number of primary amides is 1. The molecule has 6 nitrogen and oxygen atoms in total. The van der Waals surface area contributed by atoms with Gasteiger partial charge in [0.2, 0.25) is 0 Å². The molecule has 0 atom stereocenters. The molecule has 0 saturated carbocycles. The quantitative estimate of drug-likeness (QED) is 0.626. The van der Waals surface area contributed by atoms with Gasteiger partial charge in [-0.3, -0.25) is 15.2 Å². The van der Waals surface area contributed by atoms with Gasteiger partial charge in [-0.25, -0.2) is 10.2 Å². The van der Waals surface area contributed by atoms with Crippen LogP contribution in [0.15, 0.2) is 22.9 Å². The van der Waals surface area contributed by atoms with E-state index in [1.165, 1.54) is 12.4 Å². The molecule has 14 heavy (non-hydrogen) atoms. The number of rotatable bonds is 1. The molecule has 1 heterocycles. The number of hydrazine groups is 1. The molecule has 74 valence electrons. The van der Waals surface area contributed by atoms with Crippen molar-refractivity contribution in [2.75, 3.05) is 0 Å². The fraction of sp³-hybridized carbons (Fsp3) is 0. The molecule has 0 radical (unpaired) electrons. The summed E-state index contributed by atoms with van der Waals surface area (Å²) in [6.45, 7) is 0. The minimum Gasteiger partial charge on any atom is -0.350 e. The van der Waals surface area contributed by atoms with Crippen molar-refractivity contribution in [3.8, 4) is 0 Å². The van der Waals surface area contributed by atoms with Crippen LogP contribution in [0.5, 0.6) is 0 Å². The third kappa shape index (κ3) is 3.02. The number of carbonyl (C=O) groups excluding carboxylic acids is 2. The van der Waals surface area contributed by atoms with E-state index in [0.717, 1.165) is 0 Å². The molecule has 1 aromatic heterocycles. The third-order valence-electron chi connectivity index (χ3n) is 1.27. The summed E-state index contributed by atoms with van der Waals surface area (Å²) in [5.74, 6) is -0.488. The van der Waals surface area contributed by atoms with Crippen molar-refractivity contribution in [3.63, 3.8) is 0 Å². The van der Waals surface area contributed by atoms with Crippen LogP contribution in [0.1, 0.15) is 10.4 Å². The van der Waals surface area contributed by atoms with Crippen molar-refractivity contribution in [1.82, 2.24) is 15.8 Å². The highest BCUT2D eigenvalue weighted by Crippen LogP contribution is 2.08. The number of amides is 3. The van der Waals surface area contributed by atoms with Crippen molar-refractivity contribution in [2.45, 2.75) is 0 Å². The van der Waals surface area contributed by atoms with E-state index in [2.05, 4.69) is 26.3 Å². The summed E-state index contributed by atoms with van der Waals surface area (Å²) < 4.78 is 0.671. The van der Waals surface area contributed by atoms with Crippen LogP contribution in [0, 0.1) is 0 Å². The molecule has 3 amide bonds. The van der Waals surface area contributed by atoms with Crippen molar-refractivity contribution >= 4 is 27.9 Å². The summed E-state index contributed by atoms with van der Waals surface area (Å²) >= 11 is 3.16. The lowest BCUT2D eigenvalue weighted by molar-refractivity contribution is 0.0937. The zero-order chi connectivity index (χ0) is 10.6. The Morgan fingerprint density at radius 3 is 2.64 bits per heavy atom. The number of carbonyl (C=O) groups is 2. The monoisotopic (exact) mass is 258 g/mol. The molecule has 0 spiro atoms. The Balaban J connectivity index is 2.65. The largest absolute Gasteiger partial charge is 0.350 e. The standard InChI is InChI=1S/C7H7BrN4O2/c8-5-1-4(2-10-3-5)6(13)11-12-7(9)14/h1-3H,(H,11,13)(H3,9,12,14). The van der Waals surface area contributed by atoms with Crippen molar-refractivity contribution in [2.24, 2.45) is 5.73 Å². The number of hydrogen-bond donors (Lipinski definition) is 3. The molecular formula is C7H7BrN4O2. The highest BCUT2D eigenvalue weighted by Gasteiger charge is 2.05. The fourth-order valence-electron chi connectivity index (χ4n) is 0.727. The number of nitrogens with two attached hydrogens (primary N) is 1. The van der Waals surface area contributed by atoms with Crippen LogP contribution in [0.2, 0.25) is 0 Å². The minimum absolute atomic E-state index is 0.313. The normalized spacial score (nSPS) is 9.21. The van der Waals surface area contributed by atoms with E-state index in [0.29, 0.717) is 10.0 Å². The second-order valence-corrected chi connectivity index (χ2v) is 3.25. The predicted molar refractivity (Wildman–Crippen MR) is 52.1 cm³/mol. The van der Waals surface area contributed by atoms with Crippen LogP contribution in [0.4, 0.5) is 4.79 Å². The second kappa shape index (κ2) is 4.56. The maximum absolute atomic E-state index is 11.3. The van der Waals surface area contributed by atoms with E-state index in [1.807, 2.05) is 5.43 Å². The number of nitrogens with one attached hydrogen (secondary N) is 2. The van der Waals surface area contributed by atoms with Gasteiger partial charge in [-0.2, -0.15) is 0 Å². The Morgan fingerprint density at radius 1 is 1.36 bits per heavy atom. The number of pyridine rings is 1. The SMILES string of the molecule is NC(=O)NNC(=O)c1cncc(Br)c1. The molecule has 7 heteroatoms. The van der Waals surface area contributed by atoms with E-state index in [1.54, 1.807) is 6.07 Å². The van der Waals surface area contributed by atoms with Gasteiger partial charge >= 0.3 is 6.03 Å². The van der Waals surface area contributed by atoms with E-state index in [4.69, 9.17) is 5.73 Å². The van der Waals surface area contributed by atoms with Crippen molar-refractivity contribution in [3.05, 3.63) is 28.5 Å². The average Bonchev–Trinajstić information content (AvgIpc) is 2.14. The first-order chi connectivity index (χ1) is 6.59. The predicted octanol–water partition coefficient (Wildman–Crippen LogP) is 0.157. The number of urea groups is 1. The molecule has 0 unspecified atom stereocenters. The summed E-state index contributed by atoms with van der Waals surface area (Å²) in [7, 11) is 0. The van der Waals surface area contributed by atoms with Gasteiger partial charge in [0.05, 0.1) is 5.56 Å². The smallest absolute Gasteiger partial charge is 0.330 e. The lowest BCUT2D eigenvalue weighted by Gasteiger charge is -2.03. The zero-order valence-electron chi connectivity index (χ0n) is 6.95. The molecular weight excluding hydrogens is 252 g/mol. The molecule has 0 aliphatic rings. The van der Waals surface area contributed by atoms with E-state index in [9.17, 15) is 9.59 Å². The number of aromatic nitrogens is 1. The van der Waals surface area contributed by atoms with Crippen molar-refractivity contribution in [1.29, 1.82) is 0 Å². The first kappa shape index (κ1) is 10.5. The van der Waals surface area contributed by atoms with Gasteiger partial charge in [-0.15, -0.1) is 0 Å². The Morgan fingerprint density at radius 2 is 2.07 bits per heavy atom. The first-order valence-corrected chi connectivity index (χ1v) is 4.35. The lowest BCUT2D eigenvalue weighted by Crippen LogP contribution is -2.44. The number of hydrogen-bond acceptors (Lipinski definition) is 3. The van der Waals surface area contributed by atoms with E-state index >= 15 is 0 Å². The van der Waals surface area contributed by atoms with Gasteiger partial charge in [0, 0.05) is 16.9 Å². The highest BCUT2D eigenvalue weighted by molar-refractivity contribution is 9.10. The van der Waals surface area contributed by atoms with E-state index in [-0.39, 0.29) is 0 Å². The Kier molecular flexibility index (Phi) is 3.41. The lowest BCUT2D eigenvalue weighted by atomic mass is 10.3. The summed E-state index contributed by atoms with van der Waals surface area (Å²) in [5, 5.41) is 0. The minimum atomic E-state index is -0.832. The van der Waals surface area contributed by atoms with Crippen LogP contribution in [-0.4, -0.2) is 16.9 Å². The van der Waals surface area contributed by atoms with Crippen LogP contribution < -0.4 is 16.6 Å². The molecule has 1 aromatic rings. The van der Waals surface area contributed by atoms with Crippen LogP contribution in [-0.2, 0) is 0 Å². The molecule has 0 aliphatic carbocycles. The fourth-order valence-corrected chi connectivity index (χ4v) is 1.09. The van der Waals surface area contributed by atoms with Gasteiger partial charge in [-0.05, 0) is 22.0 Å². The number of halogens is 1. The summed E-state index contributed by atoms with van der Waals surface area (Å²) in [4.78, 5) is 25.3. The van der Waals surface area contributed by atoms with Gasteiger partial charge in [0.15, 0.2) is 0 Å². The Hall–Kier alpha value is -1.63. The summed E-state index contributed by atoms with van der Waals surface area (Å²) in [6, 6.07) is 0.728. The van der Waals surface area contributed by atoms with Gasteiger partial charge < -0.3 is 5.73 Å². The maximum Gasteiger partial charge on any atom is 0.330 e. The van der Waals surface area contributed by atoms with Crippen LogP contribution >= 0.6 is 15.9 Å². The van der Waals surface area contributed by atoms with Gasteiger partial charge in [0.25, 0.3) is 5.91 Å². The summed E-state index contributed by atoms with van der Waals surface area (Å²) in [5.41, 5.74) is 9.13. The highest BCUT2D eigenvalue weighted by atomic mass is 79.9. The number of nitrogens with zero attached hydrogens (tertiary/aromatic N) is 1. The zero-order valence-corrected chi connectivity index (χ0v) is 8.54. The third-order valence-corrected chi connectivity index (χ3v) is 1.70. The molecule has 0 saturated heterocycles. The van der Waals surface area contributed by atoms with E-state index < -0.39 is 11.9 Å². The molecule has 0 aliphatic heterocycles. The van der Waals surface area contributed by atoms with Gasteiger partial charge in [-0.1, -0.05) is 0 Å². The molecule has 0 bridgehead atoms.